The number of fused-ring (bicyclic) bond motifs is 1. The summed E-state index contributed by atoms with van der Waals surface area (Å²) in [5.74, 6) is 5.29. The van der Waals surface area contributed by atoms with Crippen LogP contribution in [0.15, 0.2) is 83.4 Å². The third kappa shape index (κ3) is 5.39. The molecule has 0 fully saturated rings. The van der Waals surface area contributed by atoms with Gasteiger partial charge in [-0.2, -0.15) is 10.2 Å². The first-order chi connectivity index (χ1) is 19.8. The number of aryl methyl sites for hydroxylation is 2. The van der Waals surface area contributed by atoms with Crippen LogP contribution in [0.4, 0.5) is 16.0 Å². The molecule has 0 radical (unpaired) electrons. The Labute approximate surface area is 234 Å². The van der Waals surface area contributed by atoms with Crippen molar-refractivity contribution in [1.29, 1.82) is 0 Å². The van der Waals surface area contributed by atoms with Gasteiger partial charge >= 0.3 is 0 Å². The molecule has 10 nitrogen and oxygen atoms in total. The SMILES string of the molecule is C=C/C=N\c1c(C(=O)NCc2cc3cccc(C#Cc4cnn(C)c4)c3c(=O)n2-c2cccc(F)c2)c(N)nn1C. The molecule has 5 aromatic rings. The quantitative estimate of drug-likeness (QED) is 0.249. The van der Waals surface area contributed by atoms with Gasteiger partial charge in [0.05, 0.1) is 29.4 Å². The highest BCUT2D eigenvalue weighted by molar-refractivity contribution is 6.03. The third-order valence-electron chi connectivity index (χ3n) is 6.24. The van der Waals surface area contributed by atoms with Crippen LogP contribution >= 0.6 is 0 Å². The Kier molecular flexibility index (Phi) is 7.30. The number of nitrogens with zero attached hydrogens (tertiary/aromatic N) is 6. The third-order valence-corrected chi connectivity index (χ3v) is 6.24. The number of rotatable bonds is 6. The number of benzene rings is 2. The van der Waals surface area contributed by atoms with E-state index in [4.69, 9.17) is 5.73 Å². The fraction of sp³-hybridized carbons (Fsp3) is 0.100. The lowest BCUT2D eigenvalue weighted by atomic mass is 10.0. The fourth-order valence-corrected chi connectivity index (χ4v) is 4.46. The Hall–Kier alpha value is -5.76. The molecule has 0 bridgehead atoms. The minimum Gasteiger partial charge on any atom is -0.381 e. The van der Waals surface area contributed by atoms with Crippen LogP contribution in [0.1, 0.15) is 27.2 Å². The van der Waals surface area contributed by atoms with E-state index in [0.717, 1.165) is 0 Å². The predicted octanol–water partition coefficient (Wildman–Crippen LogP) is 3.40. The number of hydrogen-bond acceptors (Lipinski definition) is 6. The number of nitrogen functional groups attached to an aromatic ring is 1. The van der Waals surface area contributed by atoms with Crippen LogP contribution in [0.25, 0.3) is 16.5 Å². The van der Waals surface area contributed by atoms with E-state index in [0.29, 0.717) is 33.3 Å². The van der Waals surface area contributed by atoms with Gasteiger partial charge in [-0.25, -0.2) is 14.1 Å². The van der Waals surface area contributed by atoms with E-state index in [2.05, 4.69) is 38.9 Å². The Balaban J connectivity index is 1.61. The first-order valence-corrected chi connectivity index (χ1v) is 12.5. The lowest BCUT2D eigenvalue weighted by molar-refractivity contribution is 0.0951. The minimum absolute atomic E-state index is 0.000855. The van der Waals surface area contributed by atoms with Crippen molar-refractivity contribution in [2.75, 3.05) is 5.73 Å². The molecule has 11 heteroatoms. The molecule has 0 aliphatic heterocycles. The van der Waals surface area contributed by atoms with Gasteiger partial charge in [0, 0.05) is 37.8 Å². The van der Waals surface area contributed by atoms with Gasteiger partial charge in [0.2, 0.25) is 0 Å². The minimum atomic E-state index is -0.541. The molecule has 0 aliphatic rings. The maximum atomic E-state index is 14.3. The van der Waals surface area contributed by atoms with Crippen LogP contribution in [0, 0.1) is 17.7 Å². The number of nitrogens with one attached hydrogen (secondary N) is 1. The van der Waals surface area contributed by atoms with E-state index in [1.807, 2.05) is 0 Å². The summed E-state index contributed by atoms with van der Waals surface area (Å²) in [4.78, 5) is 31.5. The second-order valence-corrected chi connectivity index (χ2v) is 9.08. The van der Waals surface area contributed by atoms with Crippen molar-refractivity contribution in [1.82, 2.24) is 29.4 Å². The van der Waals surface area contributed by atoms with Crippen LogP contribution in [0.5, 0.6) is 0 Å². The normalized spacial score (nSPS) is 11.0. The maximum absolute atomic E-state index is 14.3. The molecule has 0 unspecified atom stereocenters. The van der Waals surface area contributed by atoms with E-state index in [1.165, 1.54) is 39.7 Å². The van der Waals surface area contributed by atoms with Crippen molar-refractivity contribution < 1.29 is 9.18 Å². The molecule has 3 aromatic heterocycles. The molecule has 5 rings (SSSR count). The molecule has 0 saturated heterocycles. The van der Waals surface area contributed by atoms with E-state index >= 15 is 0 Å². The molecule has 0 spiro atoms. The van der Waals surface area contributed by atoms with E-state index < -0.39 is 17.3 Å². The van der Waals surface area contributed by atoms with Crippen LogP contribution < -0.4 is 16.6 Å². The van der Waals surface area contributed by atoms with Crippen molar-refractivity contribution in [2.24, 2.45) is 19.1 Å². The number of hydrogen-bond donors (Lipinski definition) is 2. The van der Waals surface area contributed by atoms with Crippen molar-refractivity contribution >= 4 is 34.5 Å². The molecule has 2 aromatic carbocycles. The molecule has 0 saturated carbocycles. The second kappa shape index (κ2) is 11.2. The van der Waals surface area contributed by atoms with E-state index in [1.54, 1.807) is 61.5 Å². The van der Waals surface area contributed by atoms with Gasteiger partial charge in [0.15, 0.2) is 11.6 Å². The summed E-state index contributed by atoms with van der Waals surface area (Å²) in [5.41, 5.74) is 7.59. The summed E-state index contributed by atoms with van der Waals surface area (Å²) >= 11 is 0. The molecule has 0 aliphatic carbocycles. The zero-order chi connectivity index (χ0) is 29.1. The Morgan fingerprint density at radius 1 is 1.20 bits per heavy atom. The summed E-state index contributed by atoms with van der Waals surface area (Å²) in [6.45, 7) is 3.51. The number of aromatic nitrogens is 5. The van der Waals surface area contributed by atoms with Crippen LogP contribution in [0.2, 0.25) is 0 Å². The van der Waals surface area contributed by atoms with Gasteiger partial charge in [0.1, 0.15) is 11.4 Å². The smallest absolute Gasteiger partial charge is 0.264 e. The Bertz CT molecular complexity index is 1970. The second-order valence-electron chi connectivity index (χ2n) is 9.08. The first-order valence-electron chi connectivity index (χ1n) is 12.5. The van der Waals surface area contributed by atoms with Crippen molar-refractivity contribution in [2.45, 2.75) is 6.54 Å². The van der Waals surface area contributed by atoms with Gasteiger partial charge in [0.25, 0.3) is 11.5 Å². The molecule has 1 amide bonds. The number of nitrogens with two attached hydrogens (primary N) is 1. The summed E-state index contributed by atoms with van der Waals surface area (Å²) in [7, 11) is 3.40. The zero-order valence-corrected chi connectivity index (χ0v) is 22.3. The summed E-state index contributed by atoms with van der Waals surface area (Å²) in [5, 5.41) is 12.0. The molecular formula is C30H25FN8O2. The number of anilines is 1. The van der Waals surface area contributed by atoms with Crippen molar-refractivity contribution in [3.8, 4) is 17.5 Å². The van der Waals surface area contributed by atoms with Crippen LogP contribution in [-0.4, -0.2) is 36.2 Å². The average Bonchev–Trinajstić information content (AvgIpc) is 3.49. The van der Waals surface area contributed by atoms with Gasteiger partial charge in [-0.3, -0.25) is 18.8 Å². The van der Waals surface area contributed by atoms with Crippen LogP contribution in [0.3, 0.4) is 0 Å². The molecule has 41 heavy (non-hydrogen) atoms. The first kappa shape index (κ1) is 26.8. The van der Waals surface area contributed by atoms with Crippen molar-refractivity contribution in [3.63, 3.8) is 0 Å². The summed E-state index contributed by atoms with van der Waals surface area (Å²) in [6.07, 6.45) is 6.29. The van der Waals surface area contributed by atoms with Gasteiger partial charge in [-0.05, 0) is 35.7 Å². The standard InChI is InChI=1S/C30H25FN8O2/c1-4-13-33-28-26(27(32)36-38(28)3)29(40)34-17-24-14-21-8-5-7-20(12-11-19-16-35-37(2)18-19)25(21)30(41)39(24)23-10-6-9-22(31)15-23/h4-10,13-16,18H,1,17H2,2-3H3,(H2,32,36)(H,34,40)/b33-13-. The number of aliphatic imine (C=N–C) groups is 1. The molecule has 0 atom stereocenters. The van der Waals surface area contributed by atoms with E-state index in [9.17, 15) is 14.0 Å². The van der Waals surface area contributed by atoms with Crippen molar-refractivity contribution in [3.05, 3.63) is 112 Å². The van der Waals surface area contributed by atoms with Gasteiger partial charge in [-0.1, -0.05) is 42.7 Å². The molecule has 3 heterocycles. The number of halogens is 1. The Morgan fingerprint density at radius 3 is 2.73 bits per heavy atom. The molecular weight excluding hydrogens is 523 g/mol. The number of carbonyl (C=O) groups is 1. The topological polar surface area (TPSA) is 125 Å². The summed E-state index contributed by atoms with van der Waals surface area (Å²) in [6, 6.07) is 12.8. The van der Waals surface area contributed by atoms with E-state index in [-0.39, 0.29) is 23.7 Å². The molecule has 3 N–H and O–H groups in total. The highest BCUT2D eigenvalue weighted by atomic mass is 19.1. The zero-order valence-electron chi connectivity index (χ0n) is 22.3. The highest BCUT2D eigenvalue weighted by Gasteiger charge is 2.22. The highest BCUT2D eigenvalue weighted by Crippen LogP contribution is 2.24. The number of allylic oxidation sites excluding steroid dienone is 1. The van der Waals surface area contributed by atoms with Crippen LogP contribution in [-0.2, 0) is 20.6 Å². The largest absolute Gasteiger partial charge is 0.381 e. The predicted molar refractivity (Wildman–Crippen MR) is 156 cm³/mol. The monoisotopic (exact) mass is 548 g/mol. The van der Waals surface area contributed by atoms with Gasteiger partial charge in [-0.15, -0.1) is 0 Å². The fourth-order valence-electron chi connectivity index (χ4n) is 4.46. The maximum Gasteiger partial charge on any atom is 0.264 e. The molecule has 204 valence electrons. The summed E-state index contributed by atoms with van der Waals surface area (Å²) < 4.78 is 18.7. The lowest BCUT2D eigenvalue weighted by Gasteiger charge is -2.16. The van der Waals surface area contributed by atoms with Gasteiger partial charge < -0.3 is 11.1 Å². The average molecular weight is 549 g/mol. The number of carbonyl (C=O) groups excluding carboxylic acids is 1. The number of pyridine rings is 1. The number of amides is 1. The lowest BCUT2D eigenvalue weighted by Crippen LogP contribution is -2.29. The Morgan fingerprint density at radius 2 is 2.00 bits per heavy atom.